The van der Waals surface area contributed by atoms with Crippen LogP contribution in [0.3, 0.4) is 0 Å². The number of carbonyl (C=O) groups is 2. The number of nitrogens with zero attached hydrogens (tertiary/aromatic N) is 1. The molecule has 5 heteroatoms. The van der Waals surface area contributed by atoms with Crippen LogP contribution in [0, 0.1) is 0 Å². The Morgan fingerprint density at radius 3 is 2.09 bits per heavy atom. The molecule has 2 aromatic carbocycles. The van der Waals surface area contributed by atoms with E-state index in [4.69, 9.17) is 10.2 Å². The number of fused-ring (bicyclic) bond motifs is 1. The van der Waals surface area contributed by atoms with Gasteiger partial charge in [0.05, 0.1) is 11.1 Å². The van der Waals surface area contributed by atoms with Crippen molar-refractivity contribution < 1.29 is 19.8 Å². The maximum absolute atomic E-state index is 11.1. The first-order chi connectivity index (χ1) is 10.6. The molecule has 0 fully saturated rings. The van der Waals surface area contributed by atoms with Crippen LogP contribution in [0.1, 0.15) is 26.3 Å². The fraction of sp³-hybridized carbons (Fsp3) is 0.0588. The summed E-state index contributed by atoms with van der Waals surface area (Å²) in [6, 6.07) is 13.8. The summed E-state index contributed by atoms with van der Waals surface area (Å²) in [4.78, 5) is 22.3. The van der Waals surface area contributed by atoms with Crippen LogP contribution in [0.25, 0.3) is 10.8 Å². The largest absolute Gasteiger partial charge is 0.478 e. The molecule has 0 radical (unpaired) electrons. The summed E-state index contributed by atoms with van der Waals surface area (Å²) in [5.74, 6) is -2.48. The summed E-state index contributed by atoms with van der Waals surface area (Å²) in [6.45, 7) is 0.412. The van der Waals surface area contributed by atoms with Crippen molar-refractivity contribution in [3.8, 4) is 0 Å². The minimum Gasteiger partial charge on any atom is -0.478 e. The molecule has 22 heavy (non-hydrogen) atoms. The van der Waals surface area contributed by atoms with Gasteiger partial charge in [-0.15, -0.1) is 0 Å². The number of carboxylic acid groups (broad SMARTS) is 2. The van der Waals surface area contributed by atoms with Crippen LogP contribution < -0.4 is 0 Å². The lowest BCUT2D eigenvalue weighted by Gasteiger charge is -2.07. The Hall–Kier alpha value is -3.08. The lowest BCUT2D eigenvalue weighted by atomic mass is 10.0. The Bertz CT molecular complexity index is 843. The molecule has 0 saturated heterocycles. The van der Waals surface area contributed by atoms with Crippen LogP contribution in [0.15, 0.2) is 54.9 Å². The molecule has 0 atom stereocenters. The van der Waals surface area contributed by atoms with Gasteiger partial charge in [-0.3, -0.25) is 0 Å². The number of benzene rings is 2. The Morgan fingerprint density at radius 1 is 0.864 bits per heavy atom. The van der Waals surface area contributed by atoms with Gasteiger partial charge in [-0.2, -0.15) is 0 Å². The predicted octanol–water partition coefficient (Wildman–Crippen LogP) is 3.09. The van der Waals surface area contributed by atoms with Gasteiger partial charge in [-0.25, -0.2) is 9.59 Å². The third-order valence-electron chi connectivity index (χ3n) is 3.57. The zero-order valence-electron chi connectivity index (χ0n) is 11.6. The van der Waals surface area contributed by atoms with E-state index in [1.165, 1.54) is 12.4 Å². The summed E-state index contributed by atoms with van der Waals surface area (Å²) in [6.07, 6.45) is 2.71. The Balaban J connectivity index is 2.04. The van der Waals surface area contributed by atoms with Crippen LogP contribution in [0.4, 0.5) is 0 Å². The van der Waals surface area contributed by atoms with E-state index in [0.29, 0.717) is 6.54 Å². The van der Waals surface area contributed by atoms with Crippen LogP contribution >= 0.6 is 0 Å². The van der Waals surface area contributed by atoms with Gasteiger partial charge in [0.2, 0.25) is 0 Å². The molecule has 0 aliphatic carbocycles. The van der Waals surface area contributed by atoms with Crippen LogP contribution in [0.2, 0.25) is 0 Å². The number of aromatic carboxylic acids is 2. The molecule has 3 aromatic rings. The van der Waals surface area contributed by atoms with E-state index < -0.39 is 11.9 Å². The summed E-state index contributed by atoms with van der Waals surface area (Å²) in [5.41, 5.74) is 0.599. The van der Waals surface area contributed by atoms with Gasteiger partial charge in [-0.05, 0) is 16.3 Å². The molecule has 0 saturated carbocycles. The molecular weight excluding hydrogens is 282 g/mol. The first kappa shape index (κ1) is 13.9. The molecule has 0 aliphatic rings. The molecule has 0 unspecified atom stereocenters. The maximum Gasteiger partial charge on any atom is 0.338 e. The molecule has 1 aromatic heterocycles. The van der Waals surface area contributed by atoms with E-state index >= 15 is 0 Å². The summed E-state index contributed by atoms with van der Waals surface area (Å²) in [7, 11) is 0. The van der Waals surface area contributed by atoms with Crippen molar-refractivity contribution >= 4 is 22.7 Å². The molecular formula is C17H13NO4. The van der Waals surface area contributed by atoms with Crippen molar-refractivity contribution in [2.24, 2.45) is 0 Å². The van der Waals surface area contributed by atoms with Crippen molar-refractivity contribution in [3.63, 3.8) is 0 Å². The van der Waals surface area contributed by atoms with E-state index in [9.17, 15) is 9.59 Å². The van der Waals surface area contributed by atoms with Crippen molar-refractivity contribution in [1.29, 1.82) is 0 Å². The molecule has 5 nitrogen and oxygen atoms in total. The summed E-state index contributed by atoms with van der Waals surface area (Å²) >= 11 is 0. The highest BCUT2D eigenvalue weighted by Crippen LogP contribution is 2.20. The van der Waals surface area contributed by atoms with Crippen molar-refractivity contribution in [2.75, 3.05) is 0 Å². The second kappa shape index (κ2) is 5.37. The topological polar surface area (TPSA) is 79.5 Å². The molecule has 1 heterocycles. The van der Waals surface area contributed by atoms with Crippen molar-refractivity contribution in [1.82, 2.24) is 4.57 Å². The fourth-order valence-electron chi connectivity index (χ4n) is 2.57. The zero-order chi connectivity index (χ0) is 15.7. The van der Waals surface area contributed by atoms with Gasteiger partial charge in [0.1, 0.15) is 0 Å². The highest BCUT2D eigenvalue weighted by atomic mass is 16.4. The predicted molar refractivity (Wildman–Crippen MR) is 81.4 cm³/mol. The van der Waals surface area contributed by atoms with Crippen molar-refractivity contribution in [2.45, 2.75) is 6.54 Å². The zero-order valence-corrected chi connectivity index (χ0v) is 11.6. The SMILES string of the molecule is O=C(O)c1cn(Cc2cccc3ccccc23)cc1C(=O)O. The highest BCUT2D eigenvalue weighted by molar-refractivity contribution is 6.01. The average molecular weight is 295 g/mol. The van der Waals surface area contributed by atoms with Crippen LogP contribution in [0.5, 0.6) is 0 Å². The maximum atomic E-state index is 11.1. The standard InChI is InChI=1S/C17H13NO4/c19-16(20)14-9-18(10-15(14)17(21)22)8-12-6-3-5-11-4-1-2-7-13(11)12/h1-7,9-10H,8H2,(H,19,20)(H,21,22). The number of aromatic nitrogens is 1. The molecule has 0 spiro atoms. The number of rotatable bonds is 4. The Labute approximate surface area is 126 Å². The normalized spacial score (nSPS) is 10.7. The lowest BCUT2D eigenvalue weighted by molar-refractivity contribution is 0.0653. The van der Waals surface area contributed by atoms with Crippen LogP contribution in [-0.4, -0.2) is 26.7 Å². The smallest absolute Gasteiger partial charge is 0.338 e. The van der Waals surface area contributed by atoms with Gasteiger partial charge >= 0.3 is 11.9 Å². The minimum absolute atomic E-state index is 0.201. The van der Waals surface area contributed by atoms with E-state index in [2.05, 4.69) is 0 Å². The monoisotopic (exact) mass is 295 g/mol. The van der Waals surface area contributed by atoms with E-state index in [-0.39, 0.29) is 11.1 Å². The Kier molecular flexibility index (Phi) is 3.39. The van der Waals surface area contributed by atoms with E-state index in [1.54, 1.807) is 4.57 Å². The van der Waals surface area contributed by atoms with Gasteiger partial charge in [0.25, 0.3) is 0 Å². The first-order valence-corrected chi connectivity index (χ1v) is 6.69. The summed E-state index contributed by atoms with van der Waals surface area (Å²) in [5, 5.41) is 20.3. The molecule has 0 amide bonds. The number of carboxylic acids is 2. The van der Waals surface area contributed by atoms with Crippen molar-refractivity contribution in [3.05, 3.63) is 71.5 Å². The molecule has 0 bridgehead atoms. The van der Waals surface area contributed by atoms with Gasteiger partial charge in [-0.1, -0.05) is 42.5 Å². The third-order valence-corrected chi connectivity index (χ3v) is 3.57. The molecule has 0 aliphatic heterocycles. The quantitative estimate of drug-likeness (QED) is 0.775. The number of hydrogen-bond donors (Lipinski definition) is 2. The fourth-order valence-corrected chi connectivity index (χ4v) is 2.57. The molecule has 2 N–H and O–H groups in total. The second-order valence-corrected chi connectivity index (χ2v) is 5.01. The lowest BCUT2D eigenvalue weighted by Crippen LogP contribution is -2.03. The third kappa shape index (κ3) is 2.44. The second-order valence-electron chi connectivity index (χ2n) is 5.01. The first-order valence-electron chi connectivity index (χ1n) is 6.69. The van der Waals surface area contributed by atoms with Crippen LogP contribution in [-0.2, 0) is 6.54 Å². The van der Waals surface area contributed by atoms with Gasteiger partial charge < -0.3 is 14.8 Å². The molecule has 110 valence electrons. The number of hydrogen-bond acceptors (Lipinski definition) is 2. The van der Waals surface area contributed by atoms with E-state index in [0.717, 1.165) is 16.3 Å². The highest BCUT2D eigenvalue weighted by Gasteiger charge is 2.19. The summed E-state index contributed by atoms with van der Waals surface area (Å²) < 4.78 is 1.59. The molecule has 3 rings (SSSR count). The Morgan fingerprint density at radius 2 is 1.45 bits per heavy atom. The van der Waals surface area contributed by atoms with Gasteiger partial charge in [0, 0.05) is 18.9 Å². The average Bonchev–Trinajstić information content (AvgIpc) is 2.92. The van der Waals surface area contributed by atoms with E-state index in [1.807, 2.05) is 42.5 Å². The minimum atomic E-state index is -1.24. The van der Waals surface area contributed by atoms with Gasteiger partial charge in [0.15, 0.2) is 0 Å².